The van der Waals surface area contributed by atoms with E-state index in [2.05, 4.69) is 425 Å². The first-order valence-electron chi connectivity index (χ1n) is 46.3. The number of halogens is 1. The van der Waals surface area contributed by atoms with Crippen LogP contribution in [-0.2, 0) is 43.9 Å². The molecular formula is C117H133ClN8. The summed E-state index contributed by atoms with van der Waals surface area (Å²) in [5.74, 6) is 0.628. The molecule has 0 fully saturated rings. The zero-order chi connectivity index (χ0) is 87.6. The van der Waals surface area contributed by atoms with Gasteiger partial charge in [-0.1, -0.05) is 309 Å². The minimum atomic E-state index is 0.263. The fourth-order valence-electron chi connectivity index (χ4n) is 19.6. The first-order valence-corrected chi connectivity index (χ1v) is 46.7. The molecule has 20 rings (SSSR count). The van der Waals surface area contributed by atoms with Gasteiger partial charge in [0, 0.05) is 65.3 Å². The molecule has 9 heteroatoms. The van der Waals surface area contributed by atoms with Gasteiger partial charge in [-0.15, -0.1) is 0 Å². The van der Waals surface area contributed by atoms with Crippen molar-refractivity contribution < 1.29 is 0 Å². The summed E-state index contributed by atoms with van der Waals surface area (Å²) >= 11 is 6.27. The first kappa shape index (κ1) is 91.2. The van der Waals surface area contributed by atoms with Crippen LogP contribution in [0.15, 0.2) is 303 Å². The summed E-state index contributed by atoms with van der Waals surface area (Å²) in [5, 5.41) is 7.34. The van der Waals surface area contributed by atoms with E-state index in [1.807, 2.05) is 13.1 Å². The molecule has 8 aliphatic rings. The Hall–Kier alpha value is -11.0. The van der Waals surface area contributed by atoms with E-state index < -0.39 is 0 Å². The molecule has 2 heterocycles. The molecule has 6 aliphatic carbocycles. The van der Waals surface area contributed by atoms with E-state index in [9.17, 15) is 0 Å². The van der Waals surface area contributed by atoms with E-state index >= 15 is 0 Å². The number of fused-ring (bicyclic) bond motifs is 11. The fourth-order valence-corrected chi connectivity index (χ4v) is 19.8. The summed E-state index contributed by atoms with van der Waals surface area (Å²) in [6.45, 7) is 8.58. The Labute approximate surface area is 760 Å². The van der Waals surface area contributed by atoms with Crippen LogP contribution >= 0.6 is 11.6 Å². The van der Waals surface area contributed by atoms with Crippen molar-refractivity contribution in [2.45, 2.75) is 108 Å². The minimum absolute atomic E-state index is 0.263. The SMILES string of the molecule is CN(C)CCC=C1c2ccccc2C=Cc2ccccc21.CN(C)CCC=C1c2ccccc2CCc2ccccc21.CN(C)CCCN1c2ccccc2CCc2ccc(Cl)cc21.CN(C)CCCN1c2ccccc2CCc2ccccc21.CNCCC=C1c2ccccc2C=Cc2ccccc21.CNCCCC12CCC(c3ccccc31)c1ccccc12. The number of anilines is 4. The Morgan fingerprint density at radius 3 is 1.06 bits per heavy atom. The number of rotatable bonds is 21. The molecule has 0 amide bonds. The van der Waals surface area contributed by atoms with Crippen molar-refractivity contribution in [3.05, 3.63) is 420 Å². The average Bonchev–Trinajstić information content (AvgIpc) is 0.813. The molecule has 0 radical (unpaired) electrons. The molecule has 0 saturated heterocycles. The molecule has 2 aliphatic heterocycles. The Balaban J connectivity index is 0.000000123. The van der Waals surface area contributed by atoms with Crippen molar-refractivity contribution in [2.75, 3.05) is 133 Å². The maximum atomic E-state index is 6.27. The van der Waals surface area contributed by atoms with Gasteiger partial charge in [-0.25, -0.2) is 0 Å². The van der Waals surface area contributed by atoms with Crippen LogP contribution < -0.4 is 20.4 Å². The second-order valence-corrected chi connectivity index (χ2v) is 36.0. The van der Waals surface area contributed by atoms with Crippen LogP contribution in [0.4, 0.5) is 22.7 Å². The highest BCUT2D eigenvalue weighted by Gasteiger charge is 2.47. The number of benzene rings is 12. The molecule has 0 spiro atoms. The van der Waals surface area contributed by atoms with Crippen LogP contribution in [0.25, 0.3) is 41.0 Å². The molecule has 12 aromatic carbocycles. The lowest BCUT2D eigenvalue weighted by atomic mass is 9.54. The molecule has 0 aromatic heterocycles. The molecule has 12 aromatic rings. The Bertz CT molecular complexity index is 5470. The predicted molar refractivity (Wildman–Crippen MR) is 544 cm³/mol. The second kappa shape index (κ2) is 45.4. The van der Waals surface area contributed by atoms with E-state index in [1.54, 1.807) is 22.3 Å². The molecule has 648 valence electrons. The van der Waals surface area contributed by atoms with Crippen LogP contribution in [0, 0.1) is 0 Å². The van der Waals surface area contributed by atoms with Crippen LogP contribution in [-0.4, -0.2) is 142 Å². The summed E-state index contributed by atoms with van der Waals surface area (Å²) in [4.78, 5) is 13.9. The van der Waals surface area contributed by atoms with Gasteiger partial charge in [0.2, 0.25) is 0 Å². The van der Waals surface area contributed by atoms with Crippen molar-refractivity contribution in [1.29, 1.82) is 0 Å². The summed E-state index contributed by atoms with van der Waals surface area (Å²) in [6, 6.07) is 103. The van der Waals surface area contributed by atoms with Crippen molar-refractivity contribution in [3.63, 3.8) is 0 Å². The lowest BCUT2D eigenvalue weighted by molar-refractivity contribution is 0.341. The third-order valence-corrected chi connectivity index (χ3v) is 26.1. The highest BCUT2D eigenvalue weighted by Crippen LogP contribution is 2.58. The monoisotopic (exact) mass is 1690 g/mol. The standard InChI is InChI=1S/2C20H23N.C20H21N.C19H23ClN2.C19H24N2.C19H19N/c1-21-14-6-12-20-13-11-15(16-7-2-4-9-18(16)20)17-8-3-5-10-19(17)20;2*1-21(2)15-7-12-20-18-10-5-3-8-16(18)13-14-17-9-4-6-11-19(17)20;1-21(2)12-5-13-22-18-7-4-3-6-15(18)8-9-16-10-11-17(20)14-19(16)22;1-20(2)14-7-15-21-18-10-5-3-8-16(18)12-13-17-9-4-6-11-19(17)21;1-20-14-6-11-19-17-9-4-2-7-15(17)12-13-16-8-3-5-10-18(16)19/h2-5,7-10,15,21H,6,11-14H2,1H3;3-6,8-12H,7,13-15H2,1-2H3;3-6,8-14H,7,15H2,1-2H3;3-4,6-7,10-11,14H,5,8-9,12-13H2,1-2H3;3-6,8-11H,7,12-15H2,1-2H3;2-5,7-13,20H,6,14H2,1H3. The van der Waals surface area contributed by atoms with Gasteiger partial charge < -0.3 is 40.0 Å². The number of aryl methyl sites for hydroxylation is 6. The van der Waals surface area contributed by atoms with Crippen molar-refractivity contribution in [2.24, 2.45) is 0 Å². The normalized spacial score (nSPS) is 15.3. The number of nitrogens with one attached hydrogen (secondary N) is 2. The number of hydrogen-bond acceptors (Lipinski definition) is 8. The van der Waals surface area contributed by atoms with E-state index in [-0.39, 0.29) is 5.41 Å². The summed E-state index contributed by atoms with van der Waals surface area (Å²) in [5.41, 5.74) is 38.2. The third kappa shape index (κ3) is 22.9. The van der Waals surface area contributed by atoms with Gasteiger partial charge in [0.1, 0.15) is 0 Å². The lowest BCUT2D eigenvalue weighted by Crippen LogP contribution is -2.40. The Morgan fingerprint density at radius 1 is 0.333 bits per heavy atom. The van der Waals surface area contributed by atoms with Crippen LogP contribution in [0.3, 0.4) is 0 Å². The lowest BCUT2D eigenvalue weighted by Gasteiger charge is -2.50. The maximum absolute atomic E-state index is 6.27. The molecule has 2 bridgehead atoms. The van der Waals surface area contributed by atoms with E-state index in [1.165, 1.54) is 161 Å². The minimum Gasteiger partial charge on any atom is -0.341 e. The number of nitrogens with zero attached hydrogens (tertiary/aromatic N) is 6. The molecule has 8 nitrogen and oxygen atoms in total. The van der Waals surface area contributed by atoms with Crippen LogP contribution in [0.1, 0.15) is 175 Å². The van der Waals surface area contributed by atoms with Crippen molar-refractivity contribution in [3.8, 4) is 0 Å². The molecule has 0 unspecified atom stereocenters. The highest BCUT2D eigenvalue weighted by molar-refractivity contribution is 6.31. The van der Waals surface area contributed by atoms with Gasteiger partial charge in [0.05, 0.1) is 0 Å². The van der Waals surface area contributed by atoms with Gasteiger partial charge in [-0.2, -0.15) is 0 Å². The maximum Gasteiger partial charge on any atom is 0.0458 e. The summed E-state index contributed by atoms with van der Waals surface area (Å²) < 4.78 is 0. The van der Waals surface area contributed by atoms with Gasteiger partial charge in [0.15, 0.2) is 0 Å². The van der Waals surface area contributed by atoms with Crippen LogP contribution in [0.2, 0.25) is 5.02 Å². The van der Waals surface area contributed by atoms with Crippen molar-refractivity contribution >= 4 is 75.4 Å². The fraction of sp³-hybridized carbons (Fsp3) is 0.299. The molecule has 2 N–H and O–H groups in total. The predicted octanol–water partition coefficient (Wildman–Crippen LogP) is 25.5. The summed E-state index contributed by atoms with van der Waals surface area (Å²) in [7, 11) is 21.1. The Morgan fingerprint density at radius 2 is 0.659 bits per heavy atom. The van der Waals surface area contributed by atoms with E-state index in [0.717, 1.165) is 122 Å². The topological polar surface area (TPSA) is 43.5 Å². The molecule has 126 heavy (non-hydrogen) atoms. The number of hydrogen-bond donors (Lipinski definition) is 2. The average molecular weight is 1690 g/mol. The summed E-state index contributed by atoms with van der Waals surface area (Å²) in [6.07, 6.45) is 33.4. The quantitative estimate of drug-likeness (QED) is 0.0690. The highest BCUT2D eigenvalue weighted by atomic mass is 35.5. The van der Waals surface area contributed by atoms with Crippen molar-refractivity contribution in [1.82, 2.24) is 30.2 Å². The third-order valence-electron chi connectivity index (χ3n) is 25.8. The van der Waals surface area contributed by atoms with Gasteiger partial charge in [0.25, 0.3) is 0 Å². The largest absolute Gasteiger partial charge is 0.341 e. The van der Waals surface area contributed by atoms with Crippen LogP contribution in [0.5, 0.6) is 0 Å². The second-order valence-electron chi connectivity index (χ2n) is 35.6. The van der Waals surface area contributed by atoms with Gasteiger partial charge >= 0.3 is 0 Å². The molecule has 0 saturated carbocycles. The first-order chi connectivity index (χ1) is 61.7. The van der Waals surface area contributed by atoms with E-state index in [0.29, 0.717) is 5.92 Å². The number of para-hydroxylation sites is 3. The smallest absolute Gasteiger partial charge is 0.0458 e. The molecule has 0 atom stereocenters. The zero-order valence-corrected chi connectivity index (χ0v) is 77.3. The van der Waals surface area contributed by atoms with E-state index in [4.69, 9.17) is 11.6 Å². The molecular weight excluding hydrogens is 1550 g/mol. The Kier molecular flexibility index (Phi) is 32.9. The van der Waals surface area contributed by atoms with Gasteiger partial charge in [-0.3, -0.25) is 0 Å². The van der Waals surface area contributed by atoms with Gasteiger partial charge in [-0.05, 0) is 351 Å². The zero-order valence-electron chi connectivity index (χ0n) is 76.6.